The predicted molar refractivity (Wildman–Crippen MR) is 149 cm³/mol. The van der Waals surface area contributed by atoms with E-state index in [-0.39, 0.29) is 25.5 Å². The Bertz CT molecular complexity index is 1390. The Kier molecular flexibility index (Phi) is 9.82. The van der Waals surface area contributed by atoms with Crippen molar-refractivity contribution in [3.8, 4) is 17.0 Å². The molecule has 0 aliphatic heterocycles. The summed E-state index contributed by atoms with van der Waals surface area (Å²) in [5.41, 5.74) is 3.80. The first-order chi connectivity index (χ1) is 19.5. The molecule has 1 atom stereocenters. The molecule has 4 aromatic rings. The maximum atomic E-state index is 12.4. The van der Waals surface area contributed by atoms with Crippen LogP contribution >= 0.6 is 0 Å². The molecule has 0 radical (unpaired) electrons. The van der Waals surface area contributed by atoms with Crippen molar-refractivity contribution in [2.45, 2.75) is 19.1 Å². The third-order valence-corrected chi connectivity index (χ3v) is 5.93. The van der Waals surface area contributed by atoms with Crippen LogP contribution in [0.5, 0.6) is 5.75 Å². The predicted octanol–water partition coefficient (Wildman–Crippen LogP) is 4.48. The molecule has 0 aliphatic rings. The number of nitrogens with zero attached hydrogens (tertiary/aromatic N) is 1. The Morgan fingerprint density at radius 3 is 2.23 bits per heavy atom. The number of rotatable bonds is 12. The molecule has 2 amide bonds. The minimum atomic E-state index is -1.17. The lowest BCUT2D eigenvalue weighted by molar-refractivity contribution is -0.139. The molecule has 9 heteroatoms. The zero-order valence-corrected chi connectivity index (χ0v) is 21.7. The molecular weight excluding hydrogens is 510 g/mol. The molecule has 4 rings (SSSR count). The number of carboxylic acids is 1. The second-order valence-electron chi connectivity index (χ2n) is 8.84. The summed E-state index contributed by atoms with van der Waals surface area (Å²) in [5, 5.41) is 14.7. The van der Waals surface area contributed by atoms with E-state index >= 15 is 0 Å². The maximum Gasteiger partial charge on any atom is 0.408 e. The van der Waals surface area contributed by atoms with Crippen LogP contribution in [0.4, 0.5) is 4.79 Å². The largest absolute Gasteiger partial charge is 0.492 e. The second-order valence-corrected chi connectivity index (χ2v) is 8.84. The molecule has 0 aliphatic carbocycles. The van der Waals surface area contributed by atoms with E-state index in [1.807, 2.05) is 60.7 Å². The van der Waals surface area contributed by atoms with E-state index in [1.54, 1.807) is 42.6 Å². The van der Waals surface area contributed by atoms with E-state index in [4.69, 9.17) is 9.47 Å². The second kappa shape index (κ2) is 14.1. The molecule has 3 aromatic carbocycles. The molecule has 204 valence electrons. The van der Waals surface area contributed by atoms with Crippen molar-refractivity contribution in [2.75, 3.05) is 13.2 Å². The van der Waals surface area contributed by atoms with Gasteiger partial charge in [0.25, 0.3) is 5.91 Å². The number of hydrogen-bond acceptors (Lipinski definition) is 6. The summed E-state index contributed by atoms with van der Waals surface area (Å²) in [6.45, 7) is 0.603. The summed E-state index contributed by atoms with van der Waals surface area (Å²) in [7, 11) is 0. The van der Waals surface area contributed by atoms with Gasteiger partial charge in [-0.05, 0) is 47.5 Å². The van der Waals surface area contributed by atoms with Crippen LogP contribution in [-0.2, 0) is 22.6 Å². The Labute approximate surface area is 231 Å². The first-order valence-electron chi connectivity index (χ1n) is 12.7. The number of ether oxygens (including phenoxy) is 2. The Hall–Kier alpha value is -5.18. The van der Waals surface area contributed by atoms with Gasteiger partial charge in [0, 0.05) is 23.7 Å². The lowest BCUT2D eigenvalue weighted by Crippen LogP contribution is -2.42. The third kappa shape index (κ3) is 8.42. The van der Waals surface area contributed by atoms with Crippen molar-refractivity contribution >= 4 is 18.0 Å². The Morgan fingerprint density at radius 2 is 1.55 bits per heavy atom. The van der Waals surface area contributed by atoms with E-state index in [0.717, 1.165) is 16.8 Å². The van der Waals surface area contributed by atoms with Crippen molar-refractivity contribution in [3.63, 3.8) is 0 Å². The van der Waals surface area contributed by atoms with Gasteiger partial charge in [0.15, 0.2) is 0 Å². The molecule has 0 fully saturated rings. The maximum absolute atomic E-state index is 12.4. The number of amides is 2. The van der Waals surface area contributed by atoms with Gasteiger partial charge in [-0.3, -0.25) is 9.78 Å². The Balaban J connectivity index is 1.18. The zero-order valence-electron chi connectivity index (χ0n) is 21.7. The summed E-state index contributed by atoms with van der Waals surface area (Å²) in [6.07, 6.45) is 0.994. The number of pyridine rings is 1. The quantitative estimate of drug-likeness (QED) is 0.227. The van der Waals surface area contributed by atoms with Gasteiger partial charge in [-0.2, -0.15) is 0 Å². The van der Waals surface area contributed by atoms with Gasteiger partial charge in [-0.1, -0.05) is 60.7 Å². The summed E-state index contributed by atoms with van der Waals surface area (Å²) >= 11 is 0. The van der Waals surface area contributed by atoms with Gasteiger partial charge in [0.2, 0.25) is 0 Å². The van der Waals surface area contributed by atoms with Crippen LogP contribution in [0.3, 0.4) is 0 Å². The molecule has 0 saturated carbocycles. The molecular formula is C31H29N3O6. The molecule has 0 saturated heterocycles. The number of aromatic nitrogens is 1. The summed E-state index contributed by atoms with van der Waals surface area (Å²) < 4.78 is 10.8. The zero-order chi connectivity index (χ0) is 28.2. The monoisotopic (exact) mass is 539 g/mol. The number of benzene rings is 3. The van der Waals surface area contributed by atoms with E-state index < -0.39 is 18.1 Å². The lowest BCUT2D eigenvalue weighted by atomic mass is 10.1. The van der Waals surface area contributed by atoms with Crippen LogP contribution in [0.15, 0.2) is 103 Å². The smallest absolute Gasteiger partial charge is 0.408 e. The molecule has 0 spiro atoms. The van der Waals surface area contributed by atoms with Crippen molar-refractivity contribution in [1.82, 2.24) is 15.6 Å². The number of aliphatic carboxylic acids is 1. The molecule has 1 aromatic heterocycles. The molecule has 9 nitrogen and oxygen atoms in total. The van der Waals surface area contributed by atoms with Crippen molar-refractivity contribution in [2.24, 2.45) is 0 Å². The summed E-state index contributed by atoms with van der Waals surface area (Å²) in [5.74, 6) is -0.806. The minimum absolute atomic E-state index is 0.0454. The standard InChI is InChI=1S/C31H29N3O6/c35-29(25-13-11-24(12-14-25)27-8-4-5-17-32-27)33-18-19-39-26-15-9-22(10-16-26)20-28(30(36)37)34-31(38)40-21-23-6-2-1-3-7-23/h1-17,28H,18-21H2,(H,33,35)(H,34,38)(H,36,37). The van der Waals surface area contributed by atoms with Crippen molar-refractivity contribution < 1.29 is 29.0 Å². The number of alkyl carbamates (subject to hydrolysis) is 1. The first-order valence-corrected chi connectivity index (χ1v) is 12.7. The van der Waals surface area contributed by atoms with Crippen LogP contribution in [0, 0.1) is 0 Å². The van der Waals surface area contributed by atoms with Crippen molar-refractivity contribution in [3.05, 3.63) is 120 Å². The van der Waals surface area contributed by atoms with E-state index in [0.29, 0.717) is 23.4 Å². The van der Waals surface area contributed by atoms with Gasteiger partial charge in [-0.15, -0.1) is 0 Å². The first kappa shape index (κ1) is 27.8. The fraction of sp³-hybridized carbons (Fsp3) is 0.161. The minimum Gasteiger partial charge on any atom is -0.492 e. The van der Waals surface area contributed by atoms with Crippen LogP contribution in [0.2, 0.25) is 0 Å². The molecule has 1 unspecified atom stereocenters. The van der Waals surface area contributed by atoms with Gasteiger partial charge in [-0.25, -0.2) is 9.59 Å². The van der Waals surface area contributed by atoms with Crippen molar-refractivity contribution in [1.29, 1.82) is 0 Å². The van der Waals surface area contributed by atoms with E-state index in [9.17, 15) is 19.5 Å². The average Bonchev–Trinajstić information content (AvgIpc) is 2.99. The molecule has 40 heavy (non-hydrogen) atoms. The Morgan fingerprint density at radius 1 is 0.825 bits per heavy atom. The lowest BCUT2D eigenvalue weighted by Gasteiger charge is -2.15. The number of carboxylic acid groups (broad SMARTS) is 1. The van der Waals surface area contributed by atoms with Crippen LogP contribution in [0.25, 0.3) is 11.3 Å². The van der Waals surface area contributed by atoms with Gasteiger partial charge >= 0.3 is 12.1 Å². The highest BCUT2D eigenvalue weighted by Gasteiger charge is 2.21. The molecule has 3 N–H and O–H groups in total. The van der Waals surface area contributed by atoms with Crippen LogP contribution < -0.4 is 15.4 Å². The molecule has 0 bridgehead atoms. The SMILES string of the molecule is O=C(NC(Cc1ccc(OCCNC(=O)c2ccc(-c3ccccn3)cc2)cc1)C(=O)O)OCc1ccccc1. The van der Waals surface area contributed by atoms with Crippen LogP contribution in [-0.4, -0.2) is 47.3 Å². The van der Waals surface area contributed by atoms with Crippen LogP contribution in [0.1, 0.15) is 21.5 Å². The number of hydrogen-bond donors (Lipinski definition) is 3. The number of carbonyl (C=O) groups excluding carboxylic acids is 2. The highest BCUT2D eigenvalue weighted by Crippen LogP contribution is 2.17. The van der Waals surface area contributed by atoms with E-state index in [2.05, 4.69) is 15.6 Å². The normalized spacial score (nSPS) is 11.2. The highest BCUT2D eigenvalue weighted by molar-refractivity contribution is 5.94. The highest BCUT2D eigenvalue weighted by atomic mass is 16.5. The summed E-state index contributed by atoms with van der Waals surface area (Å²) in [4.78, 5) is 40.5. The number of carbonyl (C=O) groups is 3. The fourth-order valence-electron chi connectivity index (χ4n) is 3.83. The third-order valence-electron chi connectivity index (χ3n) is 5.93. The molecule has 1 heterocycles. The van der Waals surface area contributed by atoms with Gasteiger partial charge in [0.1, 0.15) is 25.0 Å². The fourth-order valence-corrected chi connectivity index (χ4v) is 3.83. The average molecular weight is 540 g/mol. The summed E-state index contributed by atoms with van der Waals surface area (Å²) in [6, 6.07) is 27.7. The van der Waals surface area contributed by atoms with Gasteiger partial charge in [0.05, 0.1) is 12.2 Å². The van der Waals surface area contributed by atoms with E-state index in [1.165, 1.54) is 0 Å². The number of nitrogens with one attached hydrogen (secondary N) is 2. The van der Waals surface area contributed by atoms with Gasteiger partial charge < -0.3 is 25.2 Å². The topological polar surface area (TPSA) is 127 Å².